The molecule has 0 fully saturated rings. The molecule has 3 aromatic rings. The molecule has 0 unspecified atom stereocenters. The van der Waals surface area contributed by atoms with Gasteiger partial charge in [0.1, 0.15) is 0 Å². The molecule has 8 heteroatoms. The molecule has 1 aromatic heterocycles. The smallest absolute Gasteiger partial charge is 0.299 e. The molecule has 5 rings (SSSR count). The number of fused-ring (bicyclic) bond motifs is 3. The molecular formula is C26H26N6O2. The second-order valence-corrected chi connectivity index (χ2v) is 8.55. The largest absolute Gasteiger partial charge is 0.468 e. The quantitative estimate of drug-likeness (QED) is 0.570. The summed E-state index contributed by atoms with van der Waals surface area (Å²) in [5.41, 5.74) is 4.13. The summed E-state index contributed by atoms with van der Waals surface area (Å²) in [5.74, 6) is 1.08. The number of carbonyl (C=O) groups excluding carboxylic acids is 1. The van der Waals surface area contributed by atoms with Gasteiger partial charge >= 0.3 is 0 Å². The molecule has 0 saturated carbocycles. The Hall–Kier alpha value is -4.12. The summed E-state index contributed by atoms with van der Waals surface area (Å²) in [4.78, 5) is 27.0. The monoisotopic (exact) mass is 454 g/mol. The molecule has 0 bridgehead atoms. The number of aliphatic imine (C=N–C) groups is 1. The number of hydrogen-bond donors (Lipinski definition) is 0. The number of guanidine groups is 1. The van der Waals surface area contributed by atoms with Gasteiger partial charge in [0, 0.05) is 6.54 Å². The molecule has 0 saturated heterocycles. The third kappa shape index (κ3) is 3.59. The highest BCUT2D eigenvalue weighted by molar-refractivity contribution is 6.18. The molecular weight excluding hydrogens is 428 g/mol. The van der Waals surface area contributed by atoms with Crippen LogP contribution in [-0.2, 0) is 13.0 Å². The van der Waals surface area contributed by atoms with Crippen LogP contribution in [0.5, 0.6) is 6.01 Å². The normalized spacial score (nSPS) is 16.7. The maximum Gasteiger partial charge on any atom is 0.299 e. The van der Waals surface area contributed by atoms with E-state index in [2.05, 4.69) is 18.2 Å². The third-order valence-corrected chi connectivity index (χ3v) is 6.37. The Balaban J connectivity index is 1.53. The second-order valence-electron chi connectivity index (χ2n) is 8.55. The van der Waals surface area contributed by atoms with Crippen LogP contribution in [0.3, 0.4) is 0 Å². The fraction of sp³-hybridized carbons (Fsp3) is 0.308. The fourth-order valence-corrected chi connectivity index (χ4v) is 4.66. The Morgan fingerprint density at radius 3 is 2.68 bits per heavy atom. The first-order valence-corrected chi connectivity index (χ1v) is 11.4. The molecule has 2 aromatic carbocycles. The SMILES string of the molecule is CCN1C(=O)c2c(nc(OC)n2Cc2ccc(C)c(C#N)c2)N2C[C@@H](Cc3ccccc3)N=C12. The van der Waals surface area contributed by atoms with Crippen LogP contribution in [-0.4, -0.2) is 52.6 Å². The Morgan fingerprint density at radius 1 is 1.18 bits per heavy atom. The third-order valence-electron chi connectivity index (χ3n) is 6.37. The number of methoxy groups -OCH3 is 1. The predicted octanol–water partition coefficient (Wildman–Crippen LogP) is 3.38. The highest BCUT2D eigenvalue weighted by Gasteiger charge is 2.43. The predicted molar refractivity (Wildman–Crippen MR) is 129 cm³/mol. The van der Waals surface area contributed by atoms with Crippen molar-refractivity contribution in [3.63, 3.8) is 0 Å². The number of aryl methyl sites for hydroxylation is 1. The summed E-state index contributed by atoms with van der Waals surface area (Å²) in [6.45, 7) is 5.38. The molecule has 1 amide bonds. The van der Waals surface area contributed by atoms with E-state index in [-0.39, 0.29) is 11.9 Å². The molecule has 172 valence electrons. The second kappa shape index (κ2) is 8.67. The van der Waals surface area contributed by atoms with Gasteiger partial charge in [0.15, 0.2) is 11.5 Å². The summed E-state index contributed by atoms with van der Waals surface area (Å²) in [7, 11) is 1.55. The van der Waals surface area contributed by atoms with E-state index in [0.717, 1.165) is 17.5 Å². The molecule has 0 radical (unpaired) electrons. The molecule has 34 heavy (non-hydrogen) atoms. The van der Waals surface area contributed by atoms with Crippen molar-refractivity contribution in [1.29, 1.82) is 5.26 Å². The van der Waals surface area contributed by atoms with Gasteiger partial charge in [-0.05, 0) is 43.0 Å². The maximum atomic E-state index is 13.6. The van der Waals surface area contributed by atoms with Crippen molar-refractivity contribution in [2.24, 2.45) is 4.99 Å². The summed E-state index contributed by atoms with van der Waals surface area (Å²) in [6, 6.07) is 18.6. The summed E-state index contributed by atoms with van der Waals surface area (Å²) >= 11 is 0. The van der Waals surface area contributed by atoms with Gasteiger partial charge in [-0.2, -0.15) is 10.2 Å². The molecule has 0 N–H and O–H groups in total. The Morgan fingerprint density at radius 2 is 1.97 bits per heavy atom. The average Bonchev–Trinajstić information content (AvgIpc) is 3.42. The fourth-order valence-electron chi connectivity index (χ4n) is 4.66. The van der Waals surface area contributed by atoms with Crippen LogP contribution in [0, 0.1) is 18.3 Å². The van der Waals surface area contributed by atoms with Gasteiger partial charge in [0.2, 0.25) is 5.96 Å². The summed E-state index contributed by atoms with van der Waals surface area (Å²) in [5, 5.41) is 9.43. The number of nitriles is 1. The number of rotatable bonds is 6. The first-order valence-electron chi connectivity index (χ1n) is 11.4. The van der Waals surface area contributed by atoms with E-state index in [1.807, 2.05) is 55.1 Å². The van der Waals surface area contributed by atoms with Crippen molar-refractivity contribution in [2.45, 2.75) is 32.9 Å². The van der Waals surface area contributed by atoms with Crippen LogP contribution >= 0.6 is 0 Å². The number of nitrogens with zero attached hydrogens (tertiary/aromatic N) is 6. The van der Waals surface area contributed by atoms with Gasteiger partial charge in [-0.15, -0.1) is 0 Å². The Labute approximate surface area is 198 Å². The number of amides is 1. The van der Waals surface area contributed by atoms with Crippen molar-refractivity contribution in [2.75, 3.05) is 25.1 Å². The lowest BCUT2D eigenvalue weighted by Gasteiger charge is -2.32. The number of benzene rings is 2. The Bertz CT molecular complexity index is 1320. The molecule has 1 atom stereocenters. The lowest BCUT2D eigenvalue weighted by atomic mass is 10.1. The van der Waals surface area contributed by atoms with Crippen molar-refractivity contribution in [1.82, 2.24) is 14.5 Å². The molecule has 3 heterocycles. The molecule has 2 aliphatic rings. The number of carbonyl (C=O) groups is 1. The maximum absolute atomic E-state index is 13.6. The van der Waals surface area contributed by atoms with Gasteiger partial charge in [0.25, 0.3) is 11.9 Å². The molecule has 2 aliphatic heterocycles. The highest BCUT2D eigenvalue weighted by Crippen LogP contribution is 2.35. The standard InChI is InChI=1S/C26H26N6O2/c1-4-30-24(33)22-23(32-16-21(28-25(30)32)13-18-8-6-5-7-9-18)29-26(34-3)31(22)15-19-11-10-17(2)20(12-19)14-27/h5-12,21H,4,13,15-16H2,1-3H3/t21-/m1/s1. The first kappa shape index (κ1) is 21.7. The van der Waals surface area contributed by atoms with E-state index in [0.29, 0.717) is 48.7 Å². The number of imidazole rings is 1. The summed E-state index contributed by atoms with van der Waals surface area (Å²) in [6.07, 6.45) is 0.792. The van der Waals surface area contributed by atoms with Gasteiger partial charge in [-0.3, -0.25) is 19.2 Å². The van der Waals surface area contributed by atoms with E-state index >= 15 is 0 Å². The summed E-state index contributed by atoms with van der Waals surface area (Å²) < 4.78 is 7.39. The van der Waals surface area contributed by atoms with Crippen LogP contribution < -0.4 is 9.64 Å². The first-order chi connectivity index (χ1) is 16.5. The van der Waals surface area contributed by atoms with Gasteiger partial charge in [0.05, 0.1) is 37.9 Å². The zero-order valence-electron chi connectivity index (χ0n) is 19.5. The minimum absolute atomic E-state index is 0.0247. The molecule has 0 spiro atoms. The average molecular weight is 455 g/mol. The minimum atomic E-state index is -0.142. The van der Waals surface area contributed by atoms with Gasteiger partial charge in [-0.25, -0.2) is 4.99 Å². The topological polar surface area (TPSA) is 86.8 Å². The molecule has 8 nitrogen and oxygen atoms in total. The van der Waals surface area contributed by atoms with E-state index in [4.69, 9.17) is 14.7 Å². The van der Waals surface area contributed by atoms with Crippen molar-refractivity contribution < 1.29 is 9.53 Å². The van der Waals surface area contributed by atoms with Crippen molar-refractivity contribution in [3.05, 3.63) is 76.5 Å². The van der Waals surface area contributed by atoms with Crippen LogP contribution in [0.2, 0.25) is 0 Å². The zero-order chi connectivity index (χ0) is 23.8. The number of anilines is 1. The van der Waals surface area contributed by atoms with Crippen molar-refractivity contribution >= 4 is 17.7 Å². The van der Waals surface area contributed by atoms with E-state index in [1.54, 1.807) is 16.6 Å². The van der Waals surface area contributed by atoms with Gasteiger partial charge < -0.3 is 4.74 Å². The lowest BCUT2D eigenvalue weighted by Crippen LogP contribution is -2.50. The zero-order valence-corrected chi connectivity index (χ0v) is 19.5. The molecule has 0 aliphatic carbocycles. The number of aromatic nitrogens is 2. The van der Waals surface area contributed by atoms with Crippen LogP contribution in [0.25, 0.3) is 0 Å². The van der Waals surface area contributed by atoms with Crippen LogP contribution in [0.4, 0.5) is 5.82 Å². The highest BCUT2D eigenvalue weighted by atomic mass is 16.5. The van der Waals surface area contributed by atoms with Crippen molar-refractivity contribution in [3.8, 4) is 12.1 Å². The van der Waals surface area contributed by atoms with Gasteiger partial charge in [-0.1, -0.05) is 42.5 Å². The van der Waals surface area contributed by atoms with E-state index in [1.165, 1.54) is 5.56 Å². The van der Waals surface area contributed by atoms with Crippen LogP contribution in [0.15, 0.2) is 53.5 Å². The van der Waals surface area contributed by atoms with Crippen LogP contribution in [0.1, 0.15) is 39.7 Å². The number of hydrogen-bond acceptors (Lipinski definition) is 6. The lowest BCUT2D eigenvalue weighted by molar-refractivity contribution is 0.0835. The minimum Gasteiger partial charge on any atom is -0.468 e. The van der Waals surface area contributed by atoms with E-state index < -0.39 is 0 Å². The Kier molecular flexibility index (Phi) is 5.54. The van der Waals surface area contributed by atoms with E-state index in [9.17, 15) is 10.1 Å². The number of ether oxygens (including phenoxy) is 1.